The van der Waals surface area contributed by atoms with Gasteiger partial charge in [-0.2, -0.15) is 35.8 Å². The standard InChI is InChI=1S/C16H18N.C15H11BN.Ir/c1-16(2,3)11-13-9-10-15(17-12-13)14-7-5-4-6-8-14;1-3-7-13(8-4-1)15-11-12-17-16(15)14-9-5-2-6-10-14;/h4-7,9-10,12H,11H2,1-3H3;1-9,11-12H;/q2*-1;/i11D2;;. The molecule has 4 heteroatoms. The van der Waals surface area contributed by atoms with Crippen LogP contribution < -0.4 is 5.46 Å². The van der Waals surface area contributed by atoms with E-state index < -0.39 is 11.8 Å². The van der Waals surface area contributed by atoms with Crippen molar-refractivity contribution >= 4 is 24.0 Å². The summed E-state index contributed by atoms with van der Waals surface area (Å²) in [7, 11) is 0. The molecule has 0 N–H and O–H groups in total. The van der Waals surface area contributed by atoms with E-state index in [0.717, 1.165) is 16.7 Å². The fourth-order valence-corrected chi connectivity index (χ4v) is 3.70. The smallest absolute Gasteiger partial charge is 0.320 e. The number of pyridine rings is 1. The maximum Gasteiger partial charge on any atom is 0.320 e. The average Bonchev–Trinajstić information content (AvgIpc) is 3.40. The minimum atomic E-state index is -1.40. The fourth-order valence-electron chi connectivity index (χ4n) is 3.70. The summed E-state index contributed by atoms with van der Waals surface area (Å²) < 4.78 is 16.4. The van der Waals surface area contributed by atoms with Gasteiger partial charge in [-0.3, -0.25) is 0 Å². The SMILES string of the molecule is [2H]C([2H])(c1ccc(-c2[c-]cccc2)nc1)C(C)(C)C.[Ir].[c-]1ccccc1B1N=CC=C1c1ccccc1. The Morgan fingerprint density at radius 1 is 0.857 bits per heavy atom. The van der Waals surface area contributed by atoms with Crippen LogP contribution in [0.25, 0.3) is 16.7 Å². The second-order valence-corrected chi connectivity index (χ2v) is 9.09. The van der Waals surface area contributed by atoms with Gasteiger partial charge in [-0.1, -0.05) is 63.2 Å². The predicted octanol–water partition coefficient (Wildman–Crippen LogP) is 6.53. The van der Waals surface area contributed by atoms with Crippen molar-refractivity contribution in [3.63, 3.8) is 0 Å². The van der Waals surface area contributed by atoms with Gasteiger partial charge < -0.3 is 9.89 Å². The molecule has 2 nitrogen and oxygen atoms in total. The van der Waals surface area contributed by atoms with Crippen LogP contribution in [-0.4, -0.2) is 18.0 Å². The summed E-state index contributed by atoms with van der Waals surface area (Å²) in [6.07, 6.45) is 4.19. The maximum absolute atomic E-state index is 8.21. The largest absolute Gasteiger partial charge is 0.338 e. The zero-order chi connectivity index (χ0) is 25.6. The molecular weight excluding hydrogens is 603 g/mol. The first-order valence-electron chi connectivity index (χ1n) is 12.5. The van der Waals surface area contributed by atoms with Crippen LogP contribution in [-0.2, 0) is 26.5 Å². The molecule has 1 aromatic heterocycles. The van der Waals surface area contributed by atoms with Gasteiger partial charge in [-0.15, -0.1) is 35.9 Å². The van der Waals surface area contributed by atoms with Crippen LogP contribution >= 0.6 is 0 Å². The molecule has 2 heterocycles. The first kappa shape index (κ1) is 23.7. The third-order valence-corrected chi connectivity index (χ3v) is 5.19. The van der Waals surface area contributed by atoms with Gasteiger partial charge in [-0.25, -0.2) is 0 Å². The minimum absolute atomic E-state index is 0. The molecule has 0 aliphatic carbocycles. The Bertz CT molecular complexity index is 1320. The van der Waals surface area contributed by atoms with E-state index in [2.05, 4.69) is 58.4 Å². The van der Waals surface area contributed by atoms with E-state index in [1.165, 1.54) is 11.0 Å². The van der Waals surface area contributed by atoms with Crippen molar-refractivity contribution in [2.24, 2.45) is 10.3 Å². The Balaban J connectivity index is 0.000000201. The van der Waals surface area contributed by atoms with Crippen LogP contribution in [0.1, 0.15) is 34.6 Å². The molecule has 1 radical (unpaired) electrons. The zero-order valence-electron chi connectivity index (χ0n) is 22.2. The van der Waals surface area contributed by atoms with Gasteiger partial charge in [0.15, 0.2) is 0 Å². The van der Waals surface area contributed by atoms with Gasteiger partial charge in [0.2, 0.25) is 0 Å². The van der Waals surface area contributed by atoms with Crippen LogP contribution in [0.3, 0.4) is 0 Å². The predicted molar refractivity (Wildman–Crippen MR) is 145 cm³/mol. The van der Waals surface area contributed by atoms with Crippen molar-refractivity contribution < 1.29 is 22.8 Å². The number of hydrogen-bond donors (Lipinski definition) is 0. The van der Waals surface area contributed by atoms with Gasteiger partial charge in [0.25, 0.3) is 0 Å². The molecule has 0 bridgehead atoms. The third kappa shape index (κ3) is 7.72. The number of hydrogen-bond acceptors (Lipinski definition) is 2. The first-order chi connectivity index (χ1) is 17.3. The van der Waals surface area contributed by atoms with Gasteiger partial charge in [0.1, 0.15) is 0 Å². The van der Waals surface area contributed by atoms with Crippen molar-refractivity contribution in [2.45, 2.75) is 27.1 Å². The molecule has 0 spiro atoms. The molecule has 1 aliphatic rings. The summed E-state index contributed by atoms with van der Waals surface area (Å²) in [6.45, 7) is 5.78. The Hall–Kier alpha value is -3.07. The molecule has 3 aromatic carbocycles. The van der Waals surface area contributed by atoms with Crippen molar-refractivity contribution in [1.82, 2.24) is 4.98 Å². The van der Waals surface area contributed by atoms with Crippen LogP contribution in [0.2, 0.25) is 0 Å². The molecular formula is C31H29BIrN2-2. The second kappa shape index (κ2) is 12.6. The van der Waals surface area contributed by atoms with Crippen LogP contribution in [0.5, 0.6) is 0 Å². The van der Waals surface area contributed by atoms with Crippen LogP contribution in [0.15, 0.2) is 108 Å². The van der Waals surface area contributed by atoms with Gasteiger partial charge >= 0.3 is 6.85 Å². The van der Waals surface area contributed by atoms with Crippen molar-refractivity contribution in [3.05, 3.63) is 127 Å². The van der Waals surface area contributed by atoms with Gasteiger partial charge in [-0.05, 0) is 40.2 Å². The summed E-state index contributed by atoms with van der Waals surface area (Å²) in [6, 6.07) is 36.1. The monoisotopic (exact) mass is 635 g/mol. The van der Waals surface area contributed by atoms with Crippen molar-refractivity contribution in [3.8, 4) is 11.3 Å². The normalized spacial score (nSPS) is 13.6. The Morgan fingerprint density at radius 2 is 1.57 bits per heavy atom. The minimum Gasteiger partial charge on any atom is -0.338 e. The molecule has 177 valence electrons. The van der Waals surface area contributed by atoms with E-state index in [1.807, 2.05) is 87.6 Å². The topological polar surface area (TPSA) is 25.2 Å². The number of benzene rings is 3. The maximum atomic E-state index is 8.21. The third-order valence-electron chi connectivity index (χ3n) is 5.19. The molecule has 0 saturated heterocycles. The van der Waals surface area contributed by atoms with E-state index >= 15 is 0 Å². The Labute approximate surface area is 226 Å². The molecule has 0 atom stereocenters. The zero-order valence-corrected chi connectivity index (χ0v) is 22.6. The molecule has 4 aromatic rings. The fraction of sp³-hybridized carbons (Fsp3) is 0.161. The summed E-state index contributed by atoms with van der Waals surface area (Å²) in [5, 5.41) is 0. The van der Waals surface area contributed by atoms with E-state index in [4.69, 9.17) is 2.74 Å². The summed E-state index contributed by atoms with van der Waals surface area (Å²) >= 11 is 0. The first-order valence-corrected chi connectivity index (χ1v) is 11.5. The molecule has 0 saturated carbocycles. The van der Waals surface area contributed by atoms with Gasteiger partial charge in [0, 0.05) is 35.3 Å². The van der Waals surface area contributed by atoms with Crippen molar-refractivity contribution in [1.29, 1.82) is 0 Å². The molecule has 0 fully saturated rings. The number of allylic oxidation sites excluding steroid dienone is 1. The Kier molecular flexibility index (Phi) is 8.51. The molecule has 1 aliphatic heterocycles. The van der Waals surface area contributed by atoms with Crippen molar-refractivity contribution in [2.75, 3.05) is 0 Å². The van der Waals surface area contributed by atoms with E-state index in [9.17, 15) is 0 Å². The number of rotatable bonds is 4. The summed E-state index contributed by atoms with van der Waals surface area (Å²) in [5.41, 5.74) is 5.48. The summed E-state index contributed by atoms with van der Waals surface area (Å²) in [4.78, 5) is 8.87. The second-order valence-electron chi connectivity index (χ2n) is 9.09. The Morgan fingerprint density at radius 3 is 2.17 bits per heavy atom. The van der Waals surface area contributed by atoms with E-state index in [-0.39, 0.29) is 27.0 Å². The van der Waals surface area contributed by atoms with Gasteiger partial charge in [0.05, 0.1) is 0 Å². The molecule has 5 rings (SSSR count). The average molecular weight is 635 g/mol. The number of aromatic nitrogens is 1. The molecule has 35 heavy (non-hydrogen) atoms. The summed E-state index contributed by atoms with van der Waals surface area (Å²) in [5.74, 6) is 0. The quantitative estimate of drug-likeness (QED) is 0.185. The van der Waals surface area contributed by atoms with E-state index in [0.29, 0.717) is 5.56 Å². The molecule has 0 amide bonds. The van der Waals surface area contributed by atoms with E-state index in [1.54, 1.807) is 6.20 Å². The molecule has 0 unspecified atom stereocenters. The van der Waals surface area contributed by atoms with Crippen LogP contribution in [0.4, 0.5) is 0 Å². The van der Waals surface area contributed by atoms with Crippen LogP contribution in [0, 0.1) is 17.5 Å². The number of nitrogens with zero attached hydrogens (tertiary/aromatic N) is 2.